The number of carbonyl (C=O) groups is 2. The second-order valence-electron chi connectivity index (χ2n) is 5.30. The van der Waals surface area contributed by atoms with E-state index in [1.165, 1.54) is 0 Å². The molecule has 1 heterocycles. The predicted octanol–water partition coefficient (Wildman–Crippen LogP) is 0.313. The van der Waals surface area contributed by atoms with Crippen molar-refractivity contribution in [2.45, 2.75) is 26.7 Å². The van der Waals surface area contributed by atoms with Gasteiger partial charge in [0.05, 0.1) is 0 Å². The van der Waals surface area contributed by atoms with Crippen molar-refractivity contribution >= 4 is 11.8 Å². The Labute approximate surface area is 110 Å². The molecule has 0 atom stereocenters. The maximum absolute atomic E-state index is 12.0. The molecule has 5 heteroatoms. The molecule has 0 bridgehead atoms. The molecule has 104 valence electrons. The van der Waals surface area contributed by atoms with Crippen molar-refractivity contribution in [1.82, 2.24) is 15.1 Å². The van der Waals surface area contributed by atoms with Gasteiger partial charge in [0.1, 0.15) is 0 Å². The normalized spacial score (nSPS) is 16.6. The van der Waals surface area contributed by atoms with Crippen LogP contribution in [0.25, 0.3) is 0 Å². The number of rotatable bonds is 3. The summed E-state index contributed by atoms with van der Waals surface area (Å²) >= 11 is 0. The topological polar surface area (TPSA) is 52.7 Å². The molecule has 18 heavy (non-hydrogen) atoms. The summed E-state index contributed by atoms with van der Waals surface area (Å²) < 4.78 is 0. The molecule has 0 aliphatic carbocycles. The average Bonchev–Trinajstić information content (AvgIpc) is 2.62. The van der Waals surface area contributed by atoms with Crippen LogP contribution in [-0.4, -0.2) is 61.4 Å². The number of hydrogen-bond donors (Lipinski definition) is 1. The predicted molar refractivity (Wildman–Crippen MR) is 71.2 cm³/mol. The second-order valence-corrected chi connectivity index (χ2v) is 5.30. The molecule has 1 N–H and O–H groups in total. The molecule has 1 aliphatic heterocycles. The van der Waals surface area contributed by atoms with Gasteiger partial charge in [-0.25, -0.2) is 0 Å². The van der Waals surface area contributed by atoms with Crippen molar-refractivity contribution in [1.29, 1.82) is 0 Å². The largest absolute Gasteiger partial charge is 0.338 e. The quantitative estimate of drug-likeness (QED) is 0.739. The zero-order valence-electron chi connectivity index (χ0n) is 11.7. The average molecular weight is 255 g/mol. The Kier molecular flexibility index (Phi) is 6.12. The fraction of sp³-hybridized carbons (Fsp3) is 0.846. The summed E-state index contributed by atoms with van der Waals surface area (Å²) in [5.41, 5.74) is 0. The summed E-state index contributed by atoms with van der Waals surface area (Å²) in [4.78, 5) is 27.2. The van der Waals surface area contributed by atoms with Gasteiger partial charge in [-0.05, 0) is 25.3 Å². The Morgan fingerprint density at radius 1 is 1.28 bits per heavy atom. The lowest BCUT2D eigenvalue weighted by atomic mass is 10.1. The Balaban J connectivity index is 2.45. The highest BCUT2D eigenvalue weighted by Crippen LogP contribution is 2.03. The smallest absolute Gasteiger partial charge is 0.312 e. The molecule has 2 amide bonds. The van der Waals surface area contributed by atoms with E-state index in [0.717, 1.165) is 25.9 Å². The highest BCUT2D eigenvalue weighted by molar-refractivity contribution is 6.34. The molecule has 1 rings (SSSR count). The Bertz CT molecular complexity index is 284. The van der Waals surface area contributed by atoms with Crippen LogP contribution in [0.5, 0.6) is 0 Å². The minimum absolute atomic E-state index is 0.357. The molecule has 0 spiro atoms. The number of carbonyl (C=O) groups excluding carboxylic acids is 2. The van der Waals surface area contributed by atoms with Crippen LogP contribution in [0.3, 0.4) is 0 Å². The van der Waals surface area contributed by atoms with Gasteiger partial charge in [-0.3, -0.25) is 9.59 Å². The van der Waals surface area contributed by atoms with Crippen LogP contribution in [0.4, 0.5) is 0 Å². The zero-order valence-corrected chi connectivity index (χ0v) is 11.7. The molecule has 1 fully saturated rings. The summed E-state index contributed by atoms with van der Waals surface area (Å²) in [6.45, 7) is 7.86. The monoisotopic (exact) mass is 255 g/mol. The lowest BCUT2D eigenvalue weighted by Gasteiger charge is -2.23. The molecule has 1 saturated heterocycles. The lowest BCUT2D eigenvalue weighted by Crippen LogP contribution is -2.45. The number of likely N-dealkylation sites (N-methyl/N-ethyl adjacent to an activating group) is 1. The first-order chi connectivity index (χ1) is 8.52. The number of nitrogens with one attached hydrogen (secondary N) is 1. The van der Waals surface area contributed by atoms with Crippen LogP contribution in [0.2, 0.25) is 0 Å². The zero-order chi connectivity index (χ0) is 13.5. The van der Waals surface area contributed by atoms with Crippen LogP contribution >= 0.6 is 0 Å². The standard InChI is InChI=1S/C13H25N3O2/c1-11(2)5-9-15(3)12(17)13(18)16-8-4-6-14-7-10-16/h11,14H,4-10H2,1-3H3. The van der Waals surface area contributed by atoms with E-state index in [-0.39, 0.29) is 11.8 Å². The van der Waals surface area contributed by atoms with Crippen LogP contribution in [0, 0.1) is 5.92 Å². The third-order valence-electron chi connectivity index (χ3n) is 3.20. The Morgan fingerprint density at radius 2 is 2.00 bits per heavy atom. The minimum Gasteiger partial charge on any atom is -0.338 e. The van der Waals surface area contributed by atoms with Gasteiger partial charge in [0.15, 0.2) is 0 Å². The number of amides is 2. The Morgan fingerprint density at radius 3 is 2.67 bits per heavy atom. The van der Waals surface area contributed by atoms with Crippen molar-refractivity contribution in [3.05, 3.63) is 0 Å². The van der Waals surface area contributed by atoms with E-state index in [1.54, 1.807) is 16.8 Å². The molecule has 0 aromatic rings. The maximum Gasteiger partial charge on any atom is 0.312 e. The van der Waals surface area contributed by atoms with E-state index >= 15 is 0 Å². The molecule has 0 aromatic heterocycles. The first-order valence-corrected chi connectivity index (χ1v) is 6.77. The number of nitrogens with zero attached hydrogens (tertiary/aromatic N) is 2. The molecular weight excluding hydrogens is 230 g/mol. The number of hydrogen-bond acceptors (Lipinski definition) is 3. The third-order valence-corrected chi connectivity index (χ3v) is 3.20. The summed E-state index contributed by atoms with van der Waals surface area (Å²) in [5.74, 6) is -0.194. The molecule has 0 unspecified atom stereocenters. The van der Waals surface area contributed by atoms with Crippen molar-refractivity contribution in [2.24, 2.45) is 5.92 Å². The fourth-order valence-electron chi connectivity index (χ4n) is 1.90. The molecule has 0 radical (unpaired) electrons. The van der Waals surface area contributed by atoms with E-state index in [2.05, 4.69) is 19.2 Å². The van der Waals surface area contributed by atoms with E-state index in [1.807, 2.05) is 0 Å². The van der Waals surface area contributed by atoms with Crippen LogP contribution in [0.1, 0.15) is 26.7 Å². The van der Waals surface area contributed by atoms with Gasteiger partial charge in [-0.2, -0.15) is 0 Å². The minimum atomic E-state index is -0.377. The van der Waals surface area contributed by atoms with Crippen LogP contribution < -0.4 is 5.32 Å². The molecule has 0 saturated carbocycles. The van der Waals surface area contributed by atoms with E-state index in [4.69, 9.17) is 0 Å². The SMILES string of the molecule is CC(C)CCN(C)C(=O)C(=O)N1CCCNCC1. The van der Waals surface area contributed by atoms with Gasteiger partial charge in [-0.1, -0.05) is 13.8 Å². The van der Waals surface area contributed by atoms with E-state index < -0.39 is 0 Å². The highest BCUT2D eigenvalue weighted by atomic mass is 16.2. The van der Waals surface area contributed by atoms with E-state index in [0.29, 0.717) is 25.6 Å². The summed E-state index contributed by atoms with van der Waals surface area (Å²) in [5, 5.41) is 3.22. The third kappa shape index (κ3) is 4.64. The van der Waals surface area contributed by atoms with Crippen molar-refractivity contribution < 1.29 is 9.59 Å². The van der Waals surface area contributed by atoms with Gasteiger partial charge in [0, 0.05) is 33.2 Å². The fourth-order valence-corrected chi connectivity index (χ4v) is 1.90. The highest BCUT2D eigenvalue weighted by Gasteiger charge is 2.25. The second kappa shape index (κ2) is 7.36. The lowest BCUT2D eigenvalue weighted by molar-refractivity contribution is -0.151. The van der Waals surface area contributed by atoms with Gasteiger partial charge in [0.25, 0.3) is 0 Å². The van der Waals surface area contributed by atoms with Crippen molar-refractivity contribution in [3.63, 3.8) is 0 Å². The van der Waals surface area contributed by atoms with Crippen molar-refractivity contribution in [2.75, 3.05) is 39.8 Å². The van der Waals surface area contributed by atoms with Crippen LogP contribution in [-0.2, 0) is 9.59 Å². The van der Waals surface area contributed by atoms with Gasteiger partial charge in [-0.15, -0.1) is 0 Å². The summed E-state index contributed by atoms with van der Waals surface area (Å²) in [6.07, 6.45) is 1.84. The first kappa shape index (κ1) is 15.0. The molecule has 0 aromatic carbocycles. The first-order valence-electron chi connectivity index (χ1n) is 6.77. The molecular formula is C13H25N3O2. The van der Waals surface area contributed by atoms with E-state index in [9.17, 15) is 9.59 Å². The summed E-state index contributed by atoms with van der Waals surface area (Å²) in [7, 11) is 1.71. The summed E-state index contributed by atoms with van der Waals surface area (Å²) in [6, 6.07) is 0. The molecule has 5 nitrogen and oxygen atoms in total. The Hall–Kier alpha value is -1.10. The van der Waals surface area contributed by atoms with Gasteiger partial charge in [0.2, 0.25) is 0 Å². The van der Waals surface area contributed by atoms with Crippen LogP contribution in [0.15, 0.2) is 0 Å². The van der Waals surface area contributed by atoms with Gasteiger partial charge >= 0.3 is 11.8 Å². The maximum atomic E-state index is 12.0. The van der Waals surface area contributed by atoms with Gasteiger partial charge < -0.3 is 15.1 Å². The molecule has 1 aliphatic rings. The van der Waals surface area contributed by atoms with Crippen molar-refractivity contribution in [3.8, 4) is 0 Å².